The normalized spacial score (nSPS) is 21.5. The topological polar surface area (TPSA) is 94.3 Å². The summed E-state index contributed by atoms with van der Waals surface area (Å²) in [6, 6.07) is 2.12. The molecule has 4 N–H and O–H groups in total. The van der Waals surface area contributed by atoms with Gasteiger partial charge in [0, 0.05) is 25.8 Å². The van der Waals surface area contributed by atoms with Crippen molar-refractivity contribution in [3.05, 3.63) is 11.9 Å². The summed E-state index contributed by atoms with van der Waals surface area (Å²) < 4.78 is 10.8. The summed E-state index contributed by atoms with van der Waals surface area (Å²) in [5.41, 5.74) is 2.44. The minimum Gasteiger partial charge on any atom is -0.377 e. The highest BCUT2D eigenvalue weighted by molar-refractivity contribution is 5.47. The Morgan fingerprint density at radius 1 is 1.45 bits per heavy atom. The van der Waals surface area contributed by atoms with Gasteiger partial charge in [-0.05, 0) is 26.7 Å². The number of aromatic nitrogens is 2. The van der Waals surface area contributed by atoms with Gasteiger partial charge in [-0.3, -0.25) is 0 Å². The van der Waals surface area contributed by atoms with E-state index < -0.39 is 0 Å². The fourth-order valence-electron chi connectivity index (χ4n) is 2.40. The molecule has 20 heavy (non-hydrogen) atoms. The minimum atomic E-state index is -0.104. The molecule has 0 aliphatic carbocycles. The fraction of sp³-hybridized carbons (Fsp3) is 0.692. The van der Waals surface area contributed by atoms with E-state index in [4.69, 9.17) is 15.3 Å². The zero-order valence-corrected chi connectivity index (χ0v) is 12.3. The Hall–Kier alpha value is -1.44. The molecule has 1 aliphatic rings. The molecule has 1 unspecified atom stereocenters. The van der Waals surface area contributed by atoms with Gasteiger partial charge in [0.15, 0.2) is 5.82 Å². The van der Waals surface area contributed by atoms with Gasteiger partial charge in [0.25, 0.3) is 0 Å². The number of nitrogens with two attached hydrogens (primary N) is 1. The first kappa shape index (κ1) is 15.0. The van der Waals surface area contributed by atoms with Gasteiger partial charge in [0.2, 0.25) is 0 Å². The van der Waals surface area contributed by atoms with Crippen LogP contribution in [0.15, 0.2) is 6.07 Å². The molecular formula is C13H23N5O2. The monoisotopic (exact) mass is 281 g/mol. The van der Waals surface area contributed by atoms with E-state index in [9.17, 15) is 0 Å². The molecule has 1 fully saturated rings. The predicted octanol–water partition coefficient (Wildman–Crippen LogP) is 1.28. The van der Waals surface area contributed by atoms with Crippen LogP contribution >= 0.6 is 0 Å². The molecular weight excluding hydrogens is 258 g/mol. The van der Waals surface area contributed by atoms with Gasteiger partial charge in [-0.25, -0.2) is 15.8 Å². The van der Waals surface area contributed by atoms with Crippen molar-refractivity contribution in [3.8, 4) is 0 Å². The average Bonchev–Trinajstić information content (AvgIpc) is 2.37. The second-order valence-corrected chi connectivity index (χ2v) is 5.57. The highest BCUT2D eigenvalue weighted by Crippen LogP contribution is 2.26. The third-order valence-electron chi connectivity index (χ3n) is 3.24. The summed E-state index contributed by atoms with van der Waals surface area (Å²) in [4.78, 5) is 8.66. The van der Waals surface area contributed by atoms with E-state index in [0.29, 0.717) is 24.3 Å². The van der Waals surface area contributed by atoms with Crippen LogP contribution in [0, 0.1) is 0 Å². The van der Waals surface area contributed by atoms with Crippen molar-refractivity contribution in [3.63, 3.8) is 0 Å². The summed E-state index contributed by atoms with van der Waals surface area (Å²) in [7, 11) is 1.61. The van der Waals surface area contributed by atoms with Crippen LogP contribution in [0.5, 0.6) is 0 Å². The smallest absolute Gasteiger partial charge is 0.158 e. The number of anilines is 2. The van der Waals surface area contributed by atoms with Crippen molar-refractivity contribution in [2.75, 3.05) is 24.5 Å². The highest BCUT2D eigenvalue weighted by atomic mass is 16.5. The van der Waals surface area contributed by atoms with E-state index in [2.05, 4.69) is 34.6 Å². The van der Waals surface area contributed by atoms with E-state index in [1.165, 1.54) is 0 Å². The Morgan fingerprint density at radius 2 is 2.20 bits per heavy atom. The number of ether oxygens (including phenoxy) is 2. The first-order valence-electron chi connectivity index (χ1n) is 6.76. The first-order chi connectivity index (χ1) is 9.52. The number of methoxy groups -OCH3 is 1. The molecule has 7 heteroatoms. The number of hydrazine groups is 1. The largest absolute Gasteiger partial charge is 0.377 e. The van der Waals surface area contributed by atoms with Crippen molar-refractivity contribution in [2.45, 2.75) is 44.9 Å². The van der Waals surface area contributed by atoms with Gasteiger partial charge < -0.3 is 20.2 Å². The maximum absolute atomic E-state index is 5.72. The van der Waals surface area contributed by atoms with E-state index in [0.717, 1.165) is 25.3 Å². The summed E-state index contributed by atoms with van der Waals surface area (Å²) >= 11 is 0. The molecule has 1 aliphatic heterocycles. The molecule has 112 valence electrons. The molecule has 1 aromatic rings. The number of nitrogen functional groups attached to an aromatic ring is 1. The predicted molar refractivity (Wildman–Crippen MR) is 77.2 cm³/mol. The van der Waals surface area contributed by atoms with Gasteiger partial charge in [0.1, 0.15) is 18.2 Å². The second-order valence-electron chi connectivity index (χ2n) is 5.57. The lowest BCUT2D eigenvalue weighted by molar-refractivity contribution is -0.0553. The Kier molecular flexibility index (Phi) is 4.74. The van der Waals surface area contributed by atoms with E-state index in [1.54, 1.807) is 13.2 Å². The summed E-state index contributed by atoms with van der Waals surface area (Å²) in [6.45, 7) is 5.31. The molecule has 0 bridgehead atoms. The lowest BCUT2D eigenvalue weighted by Crippen LogP contribution is -2.40. The third-order valence-corrected chi connectivity index (χ3v) is 3.24. The number of nitrogens with one attached hydrogen (secondary N) is 2. The Balaban J connectivity index is 2.09. The number of hydrogen-bond acceptors (Lipinski definition) is 7. The van der Waals surface area contributed by atoms with Crippen LogP contribution < -0.4 is 16.6 Å². The lowest BCUT2D eigenvalue weighted by atomic mass is 9.94. The van der Waals surface area contributed by atoms with Crippen molar-refractivity contribution >= 4 is 11.6 Å². The maximum Gasteiger partial charge on any atom is 0.158 e. The number of rotatable bonds is 5. The highest BCUT2D eigenvalue weighted by Gasteiger charge is 2.29. The molecule has 1 atom stereocenters. The van der Waals surface area contributed by atoms with E-state index in [-0.39, 0.29) is 5.60 Å². The van der Waals surface area contributed by atoms with Crippen LogP contribution in [0.25, 0.3) is 0 Å². The molecule has 0 radical (unpaired) electrons. The van der Waals surface area contributed by atoms with Crippen LogP contribution in [-0.2, 0) is 16.1 Å². The van der Waals surface area contributed by atoms with Gasteiger partial charge in [0.05, 0.1) is 5.60 Å². The maximum atomic E-state index is 5.72. The fourth-order valence-corrected chi connectivity index (χ4v) is 2.40. The van der Waals surface area contributed by atoms with Gasteiger partial charge in [-0.1, -0.05) is 0 Å². The molecule has 2 heterocycles. The molecule has 7 nitrogen and oxygen atoms in total. The number of nitrogens with zero attached hydrogens (tertiary/aromatic N) is 2. The third kappa shape index (κ3) is 4.03. The van der Waals surface area contributed by atoms with Gasteiger partial charge >= 0.3 is 0 Å². The summed E-state index contributed by atoms with van der Waals surface area (Å²) in [5, 5.41) is 3.43. The standard InChI is InChI=1S/C13H23N5O2/c1-13(2)7-9(4-5-20-13)15-10-6-11(18-14)17-12(16-10)8-19-3/h6,9H,4-5,7-8,14H2,1-3H3,(H2,15,16,17,18). The van der Waals surface area contributed by atoms with Crippen molar-refractivity contribution in [2.24, 2.45) is 5.84 Å². The van der Waals surface area contributed by atoms with Crippen molar-refractivity contribution < 1.29 is 9.47 Å². The van der Waals surface area contributed by atoms with Gasteiger partial charge in [-0.15, -0.1) is 0 Å². The number of hydrogen-bond donors (Lipinski definition) is 3. The van der Waals surface area contributed by atoms with Crippen molar-refractivity contribution in [1.82, 2.24) is 9.97 Å². The zero-order chi connectivity index (χ0) is 14.6. The Morgan fingerprint density at radius 3 is 2.85 bits per heavy atom. The zero-order valence-electron chi connectivity index (χ0n) is 12.3. The van der Waals surface area contributed by atoms with Crippen LogP contribution in [0.3, 0.4) is 0 Å². The van der Waals surface area contributed by atoms with Crippen molar-refractivity contribution in [1.29, 1.82) is 0 Å². The molecule has 0 saturated carbocycles. The average molecular weight is 281 g/mol. The molecule has 1 aromatic heterocycles. The molecule has 2 rings (SSSR count). The SMILES string of the molecule is COCc1nc(NN)cc(NC2CCOC(C)(C)C2)n1. The van der Waals surface area contributed by atoms with Crippen LogP contribution in [0.4, 0.5) is 11.6 Å². The lowest BCUT2D eigenvalue weighted by Gasteiger charge is -2.36. The van der Waals surface area contributed by atoms with Crippen LogP contribution in [-0.4, -0.2) is 35.3 Å². The second kappa shape index (κ2) is 6.34. The molecule has 0 spiro atoms. The molecule has 0 amide bonds. The minimum absolute atomic E-state index is 0.104. The van der Waals surface area contributed by atoms with Gasteiger partial charge in [-0.2, -0.15) is 0 Å². The Labute approximate surface area is 119 Å². The van der Waals surface area contributed by atoms with Crippen LogP contribution in [0.1, 0.15) is 32.5 Å². The Bertz CT molecular complexity index is 452. The van der Waals surface area contributed by atoms with E-state index in [1.807, 2.05) is 0 Å². The van der Waals surface area contributed by atoms with E-state index >= 15 is 0 Å². The molecule has 1 saturated heterocycles. The summed E-state index contributed by atoms with van der Waals surface area (Å²) in [5.74, 6) is 7.35. The first-order valence-corrected chi connectivity index (χ1v) is 6.76. The molecule has 0 aromatic carbocycles. The quantitative estimate of drug-likeness (QED) is 0.553. The summed E-state index contributed by atoms with van der Waals surface area (Å²) in [6.07, 6.45) is 1.89. The van der Waals surface area contributed by atoms with Crippen LogP contribution in [0.2, 0.25) is 0 Å².